The van der Waals surface area contributed by atoms with Crippen molar-refractivity contribution in [2.45, 2.75) is 37.6 Å². The Hall–Kier alpha value is -1.90. The lowest BCUT2D eigenvalue weighted by Gasteiger charge is -2.33. The monoisotopic (exact) mass is 604 g/mol. The summed E-state index contributed by atoms with van der Waals surface area (Å²) < 4.78 is 20.2. The summed E-state index contributed by atoms with van der Waals surface area (Å²) in [4.78, 5) is 13.8. The summed E-state index contributed by atoms with van der Waals surface area (Å²) in [6.07, 6.45) is 2.33. The standard InChI is InChI=1S/C26H22BrIO4/c27-18-5-3-4-17(14-18)24-25(29)21-15-20(31-23-6-1-2-13-30-23)11-12-22(21)32-26(24)16-7-9-19(28)10-8-16/h3-5,7-12,14-15,23-24,26H,1-2,6,13H2. The van der Waals surface area contributed by atoms with Crippen molar-refractivity contribution >= 4 is 44.3 Å². The van der Waals surface area contributed by atoms with E-state index in [4.69, 9.17) is 14.2 Å². The van der Waals surface area contributed by atoms with Crippen LogP contribution in [-0.4, -0.2) is 18.7 Å². The van der Waals surface area contributed by atoms with Gasteiger partial charge < -0.3 is 14.2 Å². The molecule has 0 amide bonds. The molecule has 3 aromatic carbocycles. The van der Waals surface area contributed by atoms with Crippen LogP contribution in [0.2, 0.25) is 0 Å². The predicted octanol–water partition coefficient (Wildman–Crippen LogP) is 7.06. The Morgan fingerprint density at radius 3 is 2.56 bits per heavy atom. The van der Waals surface area contributed by atoms with E-state index in [-0.39, 0.29) is 12.1 Å². The van der Waals surface area contributed by atoms with Crippen LogP contribution in [0.5, 0.6) is 11.5 Å². The number of hydrogen-bond acceptors (Lipinski definition) is 4. The fraction of sp³-hybridized carbons (Fsp3) is 0.269. The maximum Gasteiger partial charge on any atom is 0.199 e. The van der Waals surface area contributed by atoms with Crippen LogP contribution in [0.15, 0.2) is 71.2 Å². The average molecular weight is 605 g/mol. The maximum atomic E-state index is 13.8. The minimum Gasteiger partial charge on any atom is -0.484 e. The molecule has 0 saturated carbocycles. The molecule has 3 atom stereocenters. The van der Waals surface area contributed by atoms with Crippen LogP contribution >= 0.6 is 38.5 Å². The van der Waals surface area contributed by atoms with Crippen LogP contribution in [0.1, 0.15) is 52.8 Å². The van der Waals surface area contributed by atoms with Crippen molar-refractivity contribution in [2.24, 2.45) is 0 Å². The lowest BCUT2D eigenvalue weighted by Crippen LogP contribution is -2.30. The van der Waals surface area contributed by atoms with Crippen molar-refractivity contribution in [3.8, 4) is 11.5 Å². The molecule has 2 heterocycles. The van der Waals surface area contributed by atoms with Gasteiger partial charge in [-0.05, 0) is 89.0 Å². The van der Waals surface area contributed by atoms with E-state index in [1.165, 1.54) is 0 Å². The second kappa shape index (κ2) is 9.53. The largest absolute Gasteiger partial charge is 0.484 e. The van der Waals surface area contributed by atoms with E-state index >= 15 is 0 Å². The molecule has 0 radical (unpaired) electrons. The predicted molar refractivity (Wildman–Crippen MR) is 134 cm³/mol. The van der Waals surface area contributed by atoms with Crippen LogP contribution in [-0.2, 0) is 4.74 Å². The van der Waals surface area contributed by atoms with Crippen molar-refractivity contribution in [3.05, 3.63) is 91.5 Å². The number of rotatable bonds is 4. The Morgan fingerprint density at radius 2 is 1.81 bits per heavy atom. The van der Waals surface area contributed by atoms with Crippen molar-refractivity contribution in [1.82, 2.24) is 0 Å². The smallest absolute Gasteiger partial charge is 0.199 e. The number of Topliss-reactive ketones (excluding diaryl/α,β-unsaturated/α-hetero) is 1. The summed E-state index contributed by atoms with van der Waals surface area (Å²) in [6, 6.07) is 21.5. The van der Waals surface area contributed by atoms with Gasteiger partial charge in [0.1, 0.15) is 17.6 Å². The first kappa shape index (κ1) is 21.9. The van der Waals surface area contributed by atoms with Gasteiger partial charge in [-0.15, -0.1) is 0 Å². The van der Waals surface area contributed by atoms with Gasteiger partial charge in [-0.25, -0.2) is 0 Å². The molecule has 2 aliphatic rings. The summed E-state index contributed by atoms with van der Waals surface area (Å²) in [5.74, 6) is 0.791. The second-order valence-electron chi connectivity index (χ2n) is 8.06. The third-order valence-electron chi connectivity index (χ3n) is 5.87. The lowest BCUT2D eigenvalue weighted by atomic mass is 9.81. The van der Waals surface area contributed by atoms with Gasteiger partial charge in [0, 0.05) is 14.5 Å². The Balaban J connectivity index is 1.53. The second-order valence-corrected chi connectivity index (χ2v) is 10.2. The van der Waals surface area contributed by atoms with Crippen LogP contribution < -0.4 is 9.47 Å². The van der Waals surface area contributed by atoms with E-state index in [1.54, 1.807) is 6.07 Å². The zero-order chi connectivity index (χ0) is 22.1. The Morgan fingerprint density at radius 1 is 0.969 bits per heavy atom. The quantitative estimate of drug-likeness (QED) is 0.299. The van der Waals surface area contributed by atoms with E-state index in [0.717, 1.165) is 38.4 Å². The van der Waals surface area contributed by atoms with Gasteiger partial charge in [0.25, 0.3) is 0 Å². The number of hydrogen-bond donors (Lipinski definition) is 0. The first-order valence-corrected chi connectivity index (χ1v) is 12.6. The van der Waals surface area contributed by atoms with E-state index in [9.17, 15) is 4.79 Å². The van der Waals surface area contributed by atoms with Crippen molar-refractivity contribution in [1.29, 1.82) is 0 Å². The lowest BCUT2D eigenvalue weighted by molar-refractivity contribution is -0.105. The van der Waals surface area contributed by atoms with Gasteiger partial charge in [0.15, 0.2) is 12.1 Å². The van der Waals surface area contributed by atoms with E-state index < -0.39 is 12.0 Å². The van der Waals surface area contributed by atoms with Crippen molar-refractivity contribution < 1.29 is 19.0 Å². The zero-order valence-corrected chi connectivity index (χ0v) is 21.0. The minimum absolute atomic E-state index is 0.0305. The molecule has 0 spiro atoms. The Labute approximate surface area is 209 Å². The van der Waals surface area contributed by atoms with Crippen LogP contribution in [0.4, 0.5) is 0 Å². The normalized spacial score (nSPS) is 22.7. The molecule has 6 heteroatoms. The van der Waals surface area contributed by atoms with Crippen LogP contribution in [0.3, 0.4) is 0 Å². The molecule has 0 aromatic heterocycles. The number of benzene rings is 3. The summed E-state index contributed by atoms with van der Waals surface area (Å²) in [5.41, 5.74) is 2.44. The number of carbonyl (C=O) groups is 1. The topological polar surface area (TPSA) is 44.8 Å². The van der Waals surface area contributed by atoms with Crippen LogP contribution in [0, 0.1) is 3.57 Å². The highest BCUT2D eigenvalue weighted by Crippen LogP contribution is 2.45. The molecule has 1 saturated heterocycles. The van der Waals surface area contributed by atoms with Gasteiger partial charge in [0.05, 0.1) is 18.1 Å². The minimum atomic E-state index is -0.457. The number of fused-ring (bicyclic) bond motifs is 1. The molecule has 32 heavy (non-hydrogen) atoms. The maximum absolute atomic E-state index is 13.8. The molecule has 0 bridgehead atoms. The van der Waals surface area contributed by atoms with Gasteiger partial charge >= 0.3 is 0 Å². The van der Waals surface area contributed by atoms with Gasteiger partial charge in [-0.2, -0.15) is 0 Å². The van der Waals surface area contributed by atoms with Crippen LogP contribution in [0.25, 0.3) is 0 Å². The van der Waals surface area contributed by atoms with Gasteiger partial charge in [-0.3, -0.25) is 4.79 Å². The molecule has 0 aliphatic carbocycles. The van der Waals surface area contributed by atoms with E-state index in [1.807, 2.05) is 60.7 Å². The third-order valence-corrected chi connectivity index (χ3v) is 7.08. The van der Waals surface area contributed by atoms with Crippen molar-refractivity contribution in [3.63, 3.8) is 0 Å². The Bertz CT molecular complexity index is 1120. The number of ether oxygens (including phenoxy) is 3. The van der Waals surface area contributed by atoms with E-state index in [0.29, 0.717) is 23.7 Å². The zero-order valence-electron chi connectivity index (χ0n) is 17.3. The molecule has 5 rings (SSSR count). The fourth-order valence-corrected chi connectivity index (χ4v) is 5.06. The first-order chi connectivity index (χ1) is 15.6. The average Bonchev–Trinajstić information content (AvgIpc) is 2.80. The molecule has 3 aromatic rings. The third kappa shape index (κ3) is 4.58. The number of ketones is 1. The highest BCUT2D eigenvalue weighted by atomic mass is 127. The Kier molecular flexibility index (Phi) is 6.53. The molecule has 3 unspecified atom stereocenters. The summed E-state index contributed by atoms with van der Waals surface area (Å²) in [7, 11) is 0. The molecule has 0 N–H and O–H groups in total. The molecular weight excluding hydrogens is 583 g/mol. The van der Waals surface area contributed by atoms with Gasteiger partial charge in [-0.1, -0.05) is 40.2 Å². The fourth-order valence-electron chi connectivity index (χ4n) is 4.28. The van der Waals surface area contributed by atoms with E-state index in [2.05, 4.69) is 38.5 Å². The highest BCUT2D eigenvalue weighted by molar-refractivity contribution is 14.1. The van der Waals surface area contributed by atoms with Gasteiger partial charge in [0.2, 0.25) is 0 Å². The highest BCUT2D eigenvalue weighted by Gasteiger charge is 2.39. The van der Waals surface area contributed by atoms with Crippen molar-refractivity contribution in [2.75, 3.05) is 6.61 Å². The summed E-state index contributed by atoms with van der Waals surface area (Å²) >= 11 is 5.83. The molecule has 4 nitrogen and oxygen atoms in total. The summed E-state index contributed by atoms with van der Waals surface area (Å²) in [6.45, 7) is 0.709. The summed E-state index contributed by atoms with van der Waals surface area (Å²) in [5, 5.41) is 0. The molecule has 1 fully saturated rings. The first-order valence-electron chi connectivity index (χ1n) is 10.7. The molecule has 164 valence electrons. The molecular formula is C26H22BrIO4. The SMILES string of the molecule is O=C1c2cc(OC3CCCCO3)ccc2OC(c2ccc(I)cc2)C1c1cccc(Br)c1. The molecule has 2 aliphatic heterocycles. The number of halogens is 2. The number of carbonyl (C=O) groups excluding carboxylic acids is 1.